The van der Waals surface area contributed by atoms with Gasteiger partial charge in [-0.05, 0) is 44.2 Å². The van der Waals surface area contributed by atoms with Gasteiger partial charge in [0, 0.05) is 11.1 Å². The summed E-state index contributed by atoms with van der Waals surface area (Å²) in [5.74, 6) is 2.31. The predicted octanol–water partition coefficient (Wildman–Crippen LogP) is 4.61. The van der Waals surface area contributed by atoms with Gasteiger partial charge in [0.1, 0.15) is 23.8 Å². The third-order valence-electron chi connectivity index (χ3n) is 3.87. The Hall–Kier alpha value is -3.08. The molecule has 0 spiro atoms. The van der Waals surface area contributed by atoms with Crippen LogP contribution in [0.25, 0.3) is 11.5 Å². The Balaban J connectivity index is 1.86. The number of carbonyl (C=O) groups is 1. The molecule has 128 valence electrons. The average Bonchev–Trinajstić information content (AvgIpc) is 3.04. The van der Waals surface area contributed by atoms with Crippen LogP contribution in [0.4, 0.5) is 0 Å². The van der Waals surface area contributed by atoms with E-state index < -0.39 is 0 Å². The minimum absolute atomic E-state index is 0.336. The molecule has 5 nitrogen and oxygen atoms in total. The summed E-state index contributed by atoms with van der Waals surface area (Å²) in [4.78, 5) is 15.5. The van der Waals surface area contributed by atoms with E-state index in [-0.39, 0.29) is 6.10 Å². The second-order valence-corrected chi connectivity index (χ2v) is 5.61. The van der Waals surface area contributed by atoms with Crippen molar-refractivity contribution in [2.24, 2.45) is 0 Å². The molecular weight excluding hydrogens is 318 g/mol. The molecule has 5 heteroatoms. The third kappa shape index (κ3) is 3.55. The maximum Gasteiger partial charge on any atom is 0.226 e. The average molecular weight is 337 g/mol. The molecule has 0 bridgehead atoms. The number of aromatic nitrogens is 1. The zero-order valence-corrected chi connectivity index (χ0v) is 14.4. The lowest BCUT2D eigenvalue weighted by atomic mass is 10.2. The minimum atomic E-state index is -0.336. The van der Waals surface area contributed by atoms with Gasteiger partial charge in [-0.2, -0.15) is 0 Å². The van der Waals surface area contributed by atoms with Gasteiger partial charge >= 0.3 is 0 Å². The standard InChI is InChI=1S/C20H19NO4/c1-13(24-17-10-9-15(12-22)11-18(17)23-3)19-14(2)25-20(21-19)16-7-5-4-6-8-16/h4-13H,1-3H3. The number of aldehydes is 1. The molecule has 1 aromatic heterocycles. The van der Waals surface area contributed by atoms with Crippen LogP contribution in [0.1, 0.15) is 34.8 Å². The van der Waals surface area contributed by atoms with E-state index in [0.29, 0.717) is 28.7 Å². The number of benzene rings is 2. The highest BCUT2D eigenvalue weighted by Crippen LogP contribution is 2.33. The van der Waals surface area contributed by atoms with E-state index in [0.717, 1.165) is 17.5 Å². The minimum Gasteiger partial charge on any atom is -0.493 e. The molecule has 0 N–H and O–H groups in total. The van der Waals surface area contributed by atoms with Gasteiger partial charge < -0.3 is 13.9 Å². The van der Waals surface area contributed by atoms with E-state index >= 15 is 0 Å². The Morgan fingerprint density at radius 2 is 1.88 bits per heavy atom. The van der Waals surface area contributed by atoms with Gasteiger partial charge in [-0.25, -0.2) is 4.98 Å². The molecule has 0 saturated carbocycles. The van der Waals surface area contributed by atoms with Crippen molar-refractivity contribution in [1.29, 1.82) is 0 Å². The van der Waals surface area contributed by atoms with Gasteiger partial charge in [-0.1, -0.05) is 18.2 Å². The number of carbonyl (C=O) groups excluding carboxylic acids is 1. The van der Waals surface area contributed by atoms with Gasteiger partial charge in [0.25, 0.3) is 0 Å². The van der Waals surface area contributed by atoms with Crippen LogP contribution in [-0.4, -0.2) is 18.4 Å². The van der Waals surface area contributed by atoms with Crippen LogP contribution < -0.4 is 9.47 Å². The summed E-state index contributed by atoms with van der Waals surface area (Å²) in [7, 11) is 1.54. The van der Waals surface area contributed by atoms with Gasteiger partial charge in [-0.15, -0.1) is 0 Å². The lowest BCUT2D eigenvalue weighted by Gasteiger charge is -2.15. The number of methoxy groups -OCH3 is 1. The molecule has 25 heavy (non-hydrogen) atoms. The molecule has 0 fully saturated rings. The van der Waals surface area contributed by atoms with E-state index in [1.807, 2.05) is 44.2 Å². The van der Waals surface area contributed by atoms with E-state index in [9.17, 15) is 4.79 Å². The topological polar surface area (TPSA) is 61.6 Å². The lowest BCUT2D eigenvalue weighted by Crippen LogP contribution is -2.06. The zero-order chi connectivity index (χ0) is 17.8. The second kappa shape index (κ2) is 7.21. The van der Waals surface area contributed by atoms with Gasteiger partial charge in [0.2, 0.25) is 5.89 Å². The molecular formula is C20H19NO4. The fraction of sp³-hybridized carbons (Fsp3) is 0.200. The molecule has 1 heterocycles. The molecule has 1 unspecified atom stereocenters. The van der Waals surface area contributed by atoms with E-state index in [1.54, 1.807) is 18.2 Å². The maximum absolute atomic E-state index is 10.9. The number of oxazole rings is 1. The Morgan fingerprint density at radius 3 is 2.56 bits per heavy atom. The van der Waals surface area contributed by atoms with Crippen molar-refractivity contribution in [3.8, 4) is 23.0 Å². The molecule has 3 aromatic rings. The number of hydrogen-bond donors (Lipinski definition) is 0. The van der Waals surface area contributed by atoms with E-state index in [1.165, 1.54) is 7.11 Å². The SMILES string of the molecule is COc1cc(C=O)ccc1OC(C)c1nc(-c2ccccc2)oc1C. The second-order valence-electron chi connectivity index (χ2n) is 5.61. The number of nitrogens with zero attached hydrogens (tertiary/aromatic N) is 1. The first-order valence-corrected chi connectivity index (χ1v) is 7.95. The van der Waals surface area contributed by atoms with Crippen molar-refractivity contribution in [2.45, 2.75) is 20.0 Å². The van der Waals surface area contributed by atoms with E-state index in [2.05, 4.69) is 4.98 Å². The molecule has 0 aliphatic heterocycles. The van der Waals surface area contributed by atoms with E-state index in [4.69, 9.17) is 13.9 Å². The summed E-state index contributed by atoms with van der Waals surface area (Å²) >= 11 is 0. The lowest BCUT2D eigenvalue weighted by molar-refractivity contribution is 0.112. The molecule has 0 aliphatic carbocycles. The normalized spacial score (nSPS) is 11.8. The molecule has 3 rings (SSSR count). The van der Waals surface area contributed by atoms with Crippen molar-refractivity contribution in [3.63, 3.8) is 0 Å². The zero-order valence-electron chi connectivity index (χ0n) is 14.4. The molecule has 0 saturated heterocycles. The van der Waals surface area contributed by atoms with Crippen LogP contribution in [0.15, 0.2) is 52.9 Å². The van der Waals surface area contributed by atoms with Crippen LogP contribution in [0.5, 0.6) is 11.5 Å². The Labute approximate surface area is 146 Å². The molecule has 0 radical (unpaired) electrons. The fourth-order valence-corrected chi connectivity index (χ4v) is 2.59. The van der Waals surface area contributed by atoms with Crippen molar-refractivity contribution in [1.82, 2.24) is 4.98 Å². The largest absolute Gasteiger partial charge is 0.493 e. The van der Waals surface area contributed by atoms with Gasteiger partial charge in [-0.3, -0.25) is 4.79 Å². The smallest absolute Gasteiger partial charge is 0.226 e. The Kier molecular flexibility index (Phi) is 4.84. The monoisotopic (exact) mass is 337 g/mol. The quantitative estimate of drug-likeness (QED) is 0.615. The Bertz CT molecular complexity index is 871. The molecule has 0 amide bonds. The molecule has 0 aliphatic rings. The van der Waals surface area contributed by atoms with Gasteiger partial charge in [0.15, 0.2) is 11.5 Å². The van der Waals surface area contributed by atoms with Crippen LogP contribution in [0, 0.1) is 6.92 Å². The number of hydrogen-bond acceptors (Lipinski definition) is 5. The maximum atomic E-state index is 10.9. The van der Waals surface area contributed by atoms with Crippen LogP contribution >= 0.6 is 0 Å². The molecule has 1 atom stereocenters. The fourth-order valence-electron chi connectivity index (χ4n) is 2.59. The Morgan fingerprint density at radius 1 is 1.12 bits per heavy atom. The van der Waals surface area contributed by atoms with Crippen molar-refractivity contribution in [2.75, 3.05) is 7.11 Å². The van der Waals surface area contributed by atoms with Crippen LogP contribution in [0.2, 0.25) is 0 Å². The van der Waals surface area contributed by atoms with Crippen LogP contribution in [-0.2, 0) is 0 Å². The first-order chi connectivity index (χ1) is 12.1. The van der Waals surface area contributed by atoms with Crippen LogP contribution in [0.3, 0.4) is 0 Å². The summed E-state index contributed by atoms with van der Waals surface area (Å²) in [6.07, 6.45) is 0.432. The summed E-state index contributed by atoms with van der Waals surface area (Å²) in [5, 5.41) is 0. The number of rotatable bonds is 6. The van der Waals surface area contributed by atoms with Crippen molar-refractivity contribution < 1.29 is 18.7 Å². The highest BCUT2D eigenvalue weighted by Gasteiger charge is 2.20. The van der Waals surface area contributed by atoms with Gasteiger partial charge in [0.05, 0.1) is 7.11 Å². The summed E-state index contributed by atoms with van der Waals surface area (Å²) in [5.41, 5.74) is 2.16. The summed E-state index contributed by atoms with van der Waals surface area (Å²) < 4.78 is 17.1. The number of aryl methyl sites for hydroxylation is 1. The third-order valence-corrected chi connectivity index (χ3v) is 3.87. The molecule has 2 aromatic carbocycles. The van der Waals surface area contributed by atoms with Crippen molar-refractivity contribution in [3.05, 3.63) is 65.5 Å². The predicted molar refractivity (Wildman–Crippen MR) is 94.1 cm³/mol. The summed E-state index contributed by atoms with van der Waals surface area (Å²) in [6, 6.07) is 14.8. The highest BCUT2D eigenvalue weighted by atomic mass is 16.5. The number of ether oxygens (including phenoxy) is 2. The summed E-state index contributed by atoms with van der Waals surface area (Å²) in [6.45, 7) is 3.76. The highest BCUT2D eigenvalue weighted by molar-refractivity contribution is 5.76. The van der Waals surface area contributed by atoms with Crippen molar-refractivity contribution >= 4 is 6.29 Å². The first-order valence-electron chi connectivity index (χ1n) is 7.95. The first kappa shape index (κ1) is 16.8.